The van der Waals surface area contributed by atoms with E-state index >= 15 is 0 Å². The Kier molecular flexibility index (Phi) is 1.34. The van der Waals surface area contributed by atoms with Gasteiger partial charge in [0.1, 0.15) is 5.75 Å². The molecule has 2 unspecified atom stereocenters. The van der Waals surface area contributed by atoms with E-state index in [4.69, 9.17) is 4.74 Å². The van der Waals surface area contributed by atoms with Gasteiger partial charge in [0.2, 0.25) is 0 Å². The summed E-state index contributed by atoms with van der Waals surface area (Å²) in [7, 11) is 1.72. The van der Waals surface area contributed by atoms with Crippen LogP contribution in [0.5, 0.6) is 5.75 Å². The summed E-state index contributed by atoms with van der Waals surface area (Å²) < 4.78 is 5.22. The Labute approximate surface area is 77.9 Å². The molecular formula is C11H13NO. The molecule has 1 aliphatic carbocycles. The molecule has 13 heavy (non-hydrogen) atoms. The maximum Gasteiger partial charge on any atom is 0.119 e. The number of benzene rings is 1. The van der Waals surface area contributed by atoms with Crippen molar-refractivity contribution in [1.29, 1.82) is 0 Å². The summed E-state index contributed by atoms with van der Waals surface area (Å²) in [4.78, 5) is 0. The van der Waals surface area contributed by atoms with E-state index < -0.39 is 0 Å². The number of fused-ring (bicyclic) bond motifs is 3. The van der Waals surface area contributed by atoms with Gasteiger partial charge in [0.25, 0.3) is 0 Å². The average Bonchev–Trinajstić information content (AvgIpc) is 2.96. The minimum Gasteiger partial charge on any atom is -0.497 e. The van der Waals surface area contributed by atoms with E-state index in [2.05, 4.69) is 17.4 Å². The van der Waals surface area contributed by atoms with Gasteiger partial charge in [-0.3, -0.25) is 0 Å². The number of nitrogens with one attached hydrogen (secondary N) is 1. The molecule has 0 bridgehead atoms. The third-order valence-electron chi connectivity index (χ3n) is 3.14. The molecule has 0 saturated heterocycles. The lowest BCUT2D eigenvalue weighted by Gasteiger charge is -2.17. The number of hydrogen-bond acceptors (Lipinski definition) is 2. The van der Waals surface area contributed by atoms with E-state index in [1.54, 1.807) is 7.11 Å². The highest BCUT2D eigenvalue weighted by Crippen LogP contribution is 2.53. The number of ether oxygens (including phenoxy) is 1. The van der Waals surface area contributed by atoms with E-state index in [-0.39, 0.29) is 0 Å². The molecule has 1 aromatic rings. The van der Waals surface area contributed by atoms with Crippen molar-refractivity contribution < 1.29 is 4.74 Å². The predicted molar refractivity (Wildman–Crippen MR) is 52.3 cm³/mol. The highest BCUT2D eigenvalue weighted by atomic mass is 16.5. The summed E-state index contributed by atoms with van der Waals surface area (Å²) in [6.07, 6.45) is 1.35. The van der Waals surface area contributed by atoms with Gasteiger partial charge in [-0.05, 0) is 42.0 Å². The number of anilines is 1. The zero-order valence-corrected chi connectivity index (χ0v) is 7.71. The summed E-state index contributed by atoms with van der Waals surface area (Å²) in [6, 6.07) is 6.32. The van der Waals surface area contributed by atoms with E-state index in [0.29, 0.717) is 0 Å². The molecule has 2 atom stereocenters. The van der Waals surface area contributed by atoms with Crippen molar-refractivity contribution in [2.45, 2.75) is 12.3 Å². The van der Waals surface area contributed by atoms with Crippen LogP contribution in [0.15, 0.2) is 18.2 Å². The summed E-state index contributed by atoms with van der Waals surface area (Å²) in [5.41, 5.74) is 2.76. The Morgan fingerprint density at radius 2 is 2.38 bits per heavy atom. The maximum absolute atomic E-state index is 5.22. The van der Waals surface area contributed by atoms with E-state index in [1.165, 1.54) is 17.7 Å². The molecule has 2 heteroatoms. The number of methoxy groups -OCH3 is 1. The Hall–Kier alpha value is -1.18. The Morgan fingerprint density at radius 1 is 1.46 bits per heavy atom. The third-order valence-corrected chi connectivity index (χ3v) is 3.14. The van der Waals surface area contributed by atoms with Gasteiger partial charge in [0, 0.05) is 12.2 Å². The van der Waals surface area contributed by atoms with Crippen molar-refractivity contribution in [3.8, 4) is 5.75 Å². The van der Waals surface area contributed by atoms with Gasteiger partial charge in [-0.15, -0.1) is 0 Å². The van der Waals surface area contributed by atoms with Crippen LogP contribution in [0, 0.1) is 5.92 Å². The van der Waals surface area contributed by atoms with Gasteiger partial charge >= 0.3 is 0 Å². The molecule has 1 fully saturated rings. The highest BCUT2D eigenvalue weighted by Gasteiger charge is 2.42. The molecule has 2 aliphatic rings. The normalized spacial score (nSPS) is 28.4. The molecule has 0 aromatic heterocycles. The Balaban J connectivity index is 2.06. The van der Waals surface area contributed by atoms with Crippen LogP contribution in [0.25, 0.3) is 0 Å². The fourth-order valence-corrected chi connectivity index (χ4v) is 2.23. The van der Waals surface area contributed by atoms with Gasteiger partial charge in [-0.25, -0.2) is 0 Å². The van der Waals surface area contributed by atoms with Gasteiger partial charge in [-0.2, -0.15) is 0 Å². The lowest BCUT2D eigenvalue weighted by Crippen LogP contribution is -2.11. The molecule has 2 nitrogen and oxygen atoms in total. The molecule has 68 valence electrons. The summed E-state index contributed by atoms with van der Waals surface area (Å²) in [5, 5.41) is 3.45. The molecule has 1 heterocycles. The minimum atomic E-state index is 0.811. The third kappa shape index (κ3) is 1.01. The topological polar surface area (TPSA) is 21.3 Å². The van der Waals surface area contributed by atoms with Crippen molar-refractivity contribution in [3.63, 3.8) is 0 Å². The predicted octanol–water partition coefficient (Wildman–Crippen LogP) is 2.22. The smallest absolute Gasteiger partial charge is 0.119 e. The number of rotatable bonds is 1. The van der Waals surface area contributed by atoms with Crippen LogP contribution < -0.4 is 10.1 Å². The standard InChI is InChI=1S/C11H13NO/c1-13-8-2-3-11-10(5-8)9-4-7(9)6-12-11/h2-3,5,7,9,12H,4,6H2,1H3. The van der Waals surface area contributed by atoms with Gasteiger partial charge in [0.15, 0.2) is 0 Å². The van der Waals surface area contributed by atoms with Crippen LogP contribution in [-0.4, -0.2) is 13.7 Å². The first-order valence-electron chi connectivity index (χ1n) is 4.80. The second kappa shape index (κ2) is 2.41. The summed E-state index contributed by atoms with van der Waals surface area (Å²) in [5.74, 6) is 2.68. The maximum atomic E-state index is 5.22. The molecule has 1 N–H and O–H groups in total. The van der Waals surface area contributed by atoms with Crippen LogP contribution >= 0.6 is 0 Å². The fourth-order valence-electron chi connectivity index (χ4n) is 2.23. The molecule has 0 spiro atoms. The average molecular weight is 175 g/mol. The van der Waals surface area contributed by atoms with Gasteiger partial charge in [0.05, 0.1) is 7.11 Å². The molecule has 0 radical (unpaired) electrons. The first-order chi connectivity index (χ1) is 6.38. The van der Waals surface area contributed by atoms with Crippen molar-refractivity contribution in [1.82, 2.24) is 0 Å². The second-order valence-electron chi connectivity index (χ2n) is 3.94. The van der Waals surface area contributed by atoms with Crippen molar-refractivity contribution in [2.24, 2.45) is 5.92 Å². The van der Waals surface area contributed by atoms with Crippen LogP contribution in [0.3, 0.4) is 0 Å². The van der Waals surface area contributed by atoms with E-state index in [9.17, 15) is 0 Å². The molecular weight excluding hydrogens is 162 g/mol. The quantitative estimate of drug-likeness (QED) is 0.706. The van der Waals surface area contributed by atoms with Crippen LogP contribution in [0.4, 0.5) is 5.69 Å². The lowest BCUT2D eigenvalue weighted by atomic mass is 10.0. The Morgan fingerprint density at radius 3 is 3.23 bits per heavy atom. The Bertz CT molecular complexity index is 348. The van der Waals surface area contributed by atoms with Crippen LogP contribution in [0.1, 0.15) is 17.9 Å². The second-order valence-corrected chi connectivity index (χ2v) is 3.94. The highest BCUT2D eigenvalue weighted by molar-refractivity contribution is 5.60. The zero-order chi connectivity index (χ0) is 8.84. The van der Waals surface area contributed by atoms with Crippen molar-refractivity contribution in [2.75, 3.05) is 19.0 Å². The minimum absolute atomic E-state index is 0.811. The van der Waals surface area contributed by atoms with E-state index in [0.717, 1.165) is 24.1 Å². The monoisotopic (exact) mass is 175 g/mol. The van der Waals surface area contributed by atoms with Crippen molar-refractivity contribution >= 4 is 5.69 Å². The van der Waals surface area contributed by atoms with Crippen LogP contribution in [-0.2, 0) is 0 Å². The molecule has 1 aromatic carbocycles. The lowest BCUT2D eigenvalue weighted by molar-refractivity contribution is 0.414. The van der Waals surface area contributed by atoms with Gasteiger partial charge < -0.3 is 10.1 Å². The first-order valence-corrected chi connectivity index (χ1v) is 4.80. The fraction of sp³-hybridized carbons (Fsp3) is 0.455. The zero-order valence-electron chi connectivity index (χ0n) is 7.71. The van der Waals surface area contributed by atoms with Crippen LogP contribution in [0.2, 0.25) is 0 Å². The summed E-state index contributed by atoms with van der Waals surface area (Å²) in [6.45, 7) is 1.16. The SMILES string of the molecule is COc1ccc2c(c1)C1CC1CN2. The van der Waals surface area contributed by atoms with E-state index in [1.807, 2.05) is 6.07 Å². The molecule has 1 saturated carbocycles. The first kappa shape index (κ1) is 7.25. The molecule has 1 aliphatic heterocycles. The largest absolute Gasteiger partial charge is 0.497 e. The van der Waals surface area contributed by atoms with Crippen molar-refractivity contribution in [3.05, 3.63) is 23.8 Å². The molecule has 0 amide bonds. The summed E-state index contributed by atoms with van der Waals surface area (Å²) >= 11 is 0. The molecule has 3 rings (SSSR count). The number of hydrogen-bond donors (Lipinski definition) is 1. The van der Waals surface area contributed by atoms with Gasteiger partial charge in [-0.1, -0.05) is 0 Å².